The van der Waals surface area contributed by atoms with Crippen molar-refractivity contribution in [1.29, 1.82) is 0 Å². The lowest BCUT2D eigenvalue weighted by atomic mass is 10.2. The summed E-state index contributed by atoms with van der Waals surface area (Å²) in [5.74, 6) is -0.349. The number of nitrogens with one attached hydrogen (secondary N) is 2. The van der Waals surface area contributed by atoms with E-state index in [1.54, 1.807) is 24.5 Å². The highest BCUT2D eigenvalue weighted by atomic mass is 32.1. The van der Waals surface area contributed by atoms with Gasteiger partial charge in [-0.3, -0.25) is 9.59 Å². The van der Waals surface area contributed by atoms with Crippen LogP contribution in [-0.2, 0) is 14.3 Å². The molecule has 2 rings (SSSR count). The lowest BCUT2D eigenvalue weighted by molar-refractivity contribution is -0.121. The van der Waals surface area contributed by atoms with Gasteiger partial charge in [0.05, 0.1) is 13.2 Å². The molecule has 0 aliphatic heterocycles. The van der Waals surface area contributed by atoms with Crippen LogP contribution in [0.1, 0.15) is 22.5 Å². The lowest BCUT2D eigenvalue weighted by Gasteiger charge is -2.21. The minimum Gasteiger partial charge on any atom is -0.383 e. The summed E-state index contributed by atoms with van der Waals surface area (Å²) in [5, 5.41) is 8.33. The van der Waals surface area contributed by atoms with E-state index in [9.17, 15) is 9.59 Å². The molecule has 1 aromatic heterocycles. The minimum absolute atomic E-state index is 0.127. The van der Waals surface area contributed by atoms with Crippen molar-refractivity contribution in [2.24, 2.45) is 0 Å². The Balaban J connectivity index is 1.97. The van der Waals surface area contributed by atoms with E-state index in [1.807, 2.05) is 31.2 Å². The van der Waals surface area contributed by atoms with Gasteiger partial charge in [0.25, 0.3) is 5.91 Å². The summed E-state index contributed by atoms with van der Waals surface area (Å²) < 4.78 is 10.0. The van der Waals surface area contributed by atoms with E-state index >= 15 is 0 Å². The molecule has 9 heteroatoms. The predicted molar refractivity (Wildman–Crippen MR) is 114 cm³/mol. The number of thiazole rings is 1. The van der Waals surface area contributed by atoms with Crippen LogP contribution in [0.2, 0.25) is 0 Å². The van der Waals surface area contributed by atoms with Gasteiger partial charge in [0.2, 0.25) is 5.91 Å². The highest BCUT2D eigenvalue weighted by molar-refractivity contribution is 7.14. The zero-order valence-electron chi connectivity index (χ0n) is 17.1. The lowest BCUT2D eigenvalue weighted by Crippen LogP contribution is -2.38. The Morgan fingerprint density at radius 1 is 1.17 bits per heavy atom. The predicted octanol–water partition coefficient (Wildman–Crippen LogP) is 2.44. The van der Waals surface area contributed by atoms with Gasteiger partial charge in [-0.25, -0.2) is 4.98 Å². The fraction of sp³-hybridized carbons (Fsp3) is 0.450. The number of amides is 2. The molecule has 0 unspecified atom stereocenters. The normalized spacial score (nSPS) is 10.6. The van der Waals surface area contributed by atoms with Gasteiger partial charge in [0, 0.05) is 51.3 Å². The number of carbonyl (C=O) groups is 2. The summed E-state index contributed by atoms with van der Waals surface area (Å²) in [7, 11) is 3.15. The SMILES string of the molecule is COCCNC(=O)CCN(CCOC)C(=O)c1csc(Nc2cccc(C)c2)n1. The Kier molecular flexibility index (Phi) is 9.55. The highest BCUT2D eigenvalue weighted by Gasteiger charge is 2.19. The Morgan fingerprint density at radius 2 is 1.97 bits per heavy atom. The summed E-state index contributed by atoms with van der Waals surface area (Å²) in [5.41, 5.74) is 2.40. The monoisotopic (exact) mass is 420 g/mol. The molecule has 1 heterocycles. The summed E-state index contributed by atoms with van der Waals surface area (Å²) >= 11 is 1.36. The molecule has 0 fully saturated rings. The van der Waals surface area contributed by atoms with E-state index in [0.717, 1.165) is 11.3 Å². The average molecular weight is 421 g/mol. The van der Waals surface area contributed by atoms with Crippen LogP contribution in [0, 0.1) is 6.92 Å². The first-order valence-electron chi connectivity index (χ1n) is 9.36. The topological polar surface area (TPSA) is 92.8 Å². The van der Waals surface area contributed by atoms with Gasteiger partial charge < -0.3 is 25.0 Å². The van der Waals surface area contributed by atoms with E-state index in [1.165, 1.54) is 11.3 Å². The molecule has 0 atom stereocenters. The van der Waals surface area contributed by atoms with Crippen molar-refractivity contribution in [3.05, 3.63) is 40.9 Å². The van der Waals surface area contributed by atoms with Crippen LogP contribution in [0.15, 0.2) is 29.6 Å². The molecule has 158 valence electrons. The van der Waals surface area contributed by atoms with Gasteiger partial charge in [0.1, 0.15) is 5.69 Å². The largest absolute Gasteiger partial charge is 0.383 e. The number of ether oxygens (including phenoxy) is 2. The second-order valence-corrected chi connectivity index (χ2v) is 7.27. The van der Waals surface area contributed by atoms with Crippen molar-refractivity contribution in [3.63, 3.8) is 0 Å². The maximum absolute atomic E-state index is 12.9. The first kappa shape index (κ1) is 22.8. The van der Waals surface area contributed by atoms with Crippen molar-refractivity contribution in [3.8, 4) is 0 Å². The molecule has 0 bridgehead atoms. The van der Waals surface area contributed by atoms with E-state index in [0.29, 0.717) is 43.7 Å². The molecular weight excluding hydrogens is 392 g/mol. The molecule has 0 saturated heterocycles. The summed E-state index contributed by atoms with van der Waals surface area (Å²) in [6.45, 7) is 3.98. The number of rotatable bonds is 12. The Morgan fingerprint density at radius 3 is 2.69 bits per heavy atom. The number of benzene rings is 1. The number of anilines is 2. The van der Waals surface area contributed by atoms with Gasteiger partial charge in [0.15, 0.2) is 5.13 Å². The van der Waals surface area contributed by atoms with Crippen molar-refractivity contribution in [2.75, 3.05) is 52.4 Å². The minimum atomic E-state index is -0.222. The van der Waals surface area contributed by atoms with Crippen molar-refractivity contribution in [1.82, 2.24) is 15.2 Å². The van der Waals surface area contributed by atoms with Crippen molar-refractivity contribution in [2.45, 2.75) is 13.3 Å². The number of carbonyl (C=O) groups excluding carboxylic acids is 2. The van der Waals surface area contributed by atoms with Crippen molar-refractivity contribution < 1.29 is 19.1 Å². The first-order chi connectivity index (χ1) is 14.0. The molecule has 2 N–H and O–H groups in total. The second-order valence-electron chi connectivity index (χ2n) is 6.41. The van der Waals surface area contributed by atoms with Gasteiger partial charge in [-0.05, 0) is 24.6 Å². The molecule has 2 aromatic rings. The number of aromatic nitrogens is 1. The van der Waals surface area contributed by atoms with Crippen LogP contribution in [-0.4, -0.2) is 68.8 Å². The molecule has 8 nitrogen and oxygen atoms in total. The molecule has 29 heavy (non-hydrogen) atoms. The Hall–Kier alpha value is -2.49. The maximum Gasteiger partial charge on any atom is 0.273 e. The van der Waals surface area contributed by atoms with E-state index in [2.05, 4.69) is 15.6 Å². The molecule has 0 saturated carbocycles. The van der Waals surface area contributed by atoms with Crippen LogP contribution in [0.25, 0.3) is 0 Å². The maximum atomic E-state index is 12.9. The molecule has 0 spiro atoms. The first-order valence-corrected chi connectivity index (χ1v) is 10.2. The van der Waals surface area contributed by atoms with E-state index in [-0.39, 0.29) is 18.2 Å². The zero-order valence-corrected chi connectivity index (χ0v) is 17.9. The zero-order chi connectivity index (χ0) is 21.1. The standard InChI is InChI=1S/C20H28N4O4S/c1-15-5-4-6-16(13-15)22-20-23-17(14-29-20)19(26)24(10-12-28-3)9-7-18(25)21-8-11-27-2/h4-6,13-14H,7-12H2,1-3H3,(H,21,25)(H,22,23). The molecular formula is C20H28N4O4S. The van der Waals surface area contributed by atoms with E-state index < -0.39 is 0 Å². The molecule has 0 aliphatic rings. The fourth-order valence-corrected chi connectivity index (χ4v) is 3.28. The summed E-state index contributed by atoms with van der Waals surface area (Å²) in [6, 6.07) is 7.93. The van der Waals surface area contributed by atoms with Gasteiger partial charge in [-0.1, -0.05) is 12.1 Å². The molecule has 1 aromatic carbocycles. The van der Waals surface area contributed by atoms with Gasteiger partial charge in [-0.15, -0.1) is 11.3 Å². The van der Waals surface area contributed by atoms with Crippen LogP contribution in [0.5, 0.6) is 0 Å². The van der Waals surface area contributed by atoms with E-state index in [4.69, 9.17) is 9.47 Å². The van der Waals surface area contributed by atoms with Crippen LogP contribution in [0.3, 0.4) is 0 Å². The number of hydrogen-bond acceptors (Lipinski definition) is 7. The Labute approximate surface area is 175 Å². The third-order valence-corrected chi connectivity index (χ3v) is 4.84. The number of nitrogens with zero attached hydrogens (tertiary/aromatic N) is 2. The number of aryl methyl sites for hydroxylation is 1. The molecule has 2 amide bonds. The second kappa shape index (κ2) is 12.2. The summed E-state index contributed by atoms with van der Waals surface area (Å²) in [4.78, 5) is 30.8. The highest BCUT2D eigenvalue weighted by Crippen LogP contribution is 2.22. The smallest absolute Gasteiger partial charge is 0.273 e. The quantitative estimate of drug-likeness (QED) is 0.513. The van der Waals surface area contributed by atoms with Gasteiger partial charge >= 0.3 is 0 Å². The Bertz CT molecular complexity index is 796. The van der Waals surface area contributed by atoms with Crippen LogP contribution >= 0.6 is 11.3 Å². The number of hydrogen-bond donors (Lipinski definition) is 2. The van der Waals surface area contributed by atoms with Crippen LogP contribution < -0.4 is 10.6 Å². The van der Waals surface area contributed by atoms with Gasteiger partial charge in [-0.2, -0.15) is 0 Å². The summed E-state index contributed by atoms with van der Waals surface area (Å²) in [6.07, 6.45) is 0.206. The fourth-order valence-electron chi connectivity index (χ4n) is 2.57. The van der Waals surface area contributed by atoms with Crippen molar-refractivity contribution >= 4 is 34.0 Å². The molecule has 0 radical (unpaired) electrons. The third kappa shape index (κ3) is 7.80. The molecule has 0 aliphatic carbocycles. The third-order valence-electron chi connectivity index (χ3n) is 4.08. The average Bonchev–Trinajstić information content (AvgIpc) is 3.16. The number of methoxy groups -OCH3 is 2. The van der Waals surface area contributed by atoms with Crippen LogP contribution in [0.4, 0.5) is 10.8 Å².